The maximum absolute atomic E-state index is 16.6. The highest BCUT2D eigenvalue weighted by Gasteiger charge is 2.35. The van der Waals surface area contributed by atoms with Gasteiger partial charge in [0.1, 0.15) is 5.82 Å². The number of fused-ring (bicyclic) bond motifs is 1. The lowest BCUT2D eigenvalue weighted by atomic mass is 9.73. The van der Waals surface area contributed by atoms with Crippen molar-refractivity contribution in [1.29, 1.82) is 0 Å². The van der Waals surface area contributed by atoms with Crippen molar-refractivity contribution in [3.8, 4) is 11.1 Å². The zero-order chi connectivity index (χ0) is 25.6. The van der Waals surface area contributed by atoms with Gasteiger partial charge in [0.05, 0.1) is 11.7 Å². The Bertz CT molecular complexity index is 1220. The van der Waals surface area contributed by atoms with Crippen molar-refractivity contribution in [2.75, 3.05) is 0 Å². The smallest absolute Gasteiger partial charge is 0.388 e. The Morgan fingerprint density at radius 2 is 1.58 bits per heavy atom. The van der Waals surface area contributed by atoms with Crippen molar-refractivity contribution in [1.82, 2.24) is 0 Å². The molecule has 0 aliphatic heterocycles. The number of rotatable bonds is 4. The first-order valence-electron chi connectivity index (χ1n) is 12.6. The molecular formula is C30H29F5O. The first-order chi connectivity index (χ1) is 17.1. The summed E-state index contributed by atoms with van der Waals surface area (Å²) in [5.74, 6) is -0.0340. The van der Waals surface area contributed by atoms with Crippen LogP contribution >= 0.6 is 0 Å². The number of benzene rings is 3. The SMILES string of the molecule is CC1Cc2cc(C3CCCC3)c(C(F)c3ccc(C(F)(F)F)cc3)c(-c3ccc(F)cc3)c2C(O)C1. The molecule has 0 radical (unpaired) electrons. The van der Waals surface area contributed by atoms with E-state index in [0.29, 0.717) is 28.7 Å². The fraction of sp³-hybridized carbons (Fsp3) is 0.400. The van der Waals surface area contributed by atoms with Crippen LogP contribution in [-0.2, 0) is 12.6 Å². The van der Waals surface area contributed by atoms with E-state index >= 15 is 4.39 Å². The van der Waals surface area contributed by atoms with Crippen LogP contribution < -0.4 is 0 Å². The minimum absolute atomic E-state index is 0.129. The number of hydrogen-bond acceptors (Lipinski definition) is 1. The third kappa shape index (κ3) is 4.68. The predicted molar refractivity (Wildman–Crippen MR) is 130 cm³/mol. The van der Waals surface area contributed by atoms with E-state index in [4.69, 9.17) is 0 Å². The second-order valence-electron chi connectivity index (χ2n) is 10.4. The molecule has 3 unspecified atom stereocenters. The quantitative estimate of drug-likeness (QED) is 0.355. The minimum Gasteiger partial charge on any atom is -0.388 e. The van der Waals surface area contributed by atoms with Crippen LogP contribution in [0.4, 0.5) is 22.0 Å². The van der Waals surface area contributed by atoms with Crippen LogP contribution in [0.25, 0.3) is 11.1 Å². The molecule has 1 saturated carbocycles. The summed E-state index contributed by atoms with van der Waals surface area (Å²) in [5.41, 5.74) is 3.34. The van der Waals surface area contributed by atoms with Gasteiger partial charge in [-0.2, -0.15) is 13.2 Å². The van der Waals surface area contributed by atoms with E-state index in [1.54, 1.807) is 12.1 Å². The summed E-state index contributed by atoms with van der Waals surface area (Å²) in [6, 6.07) is 12.1. The molecule has 5 rings (SSSR count). The summed E-state index contributed by atoms with van der Waals surface area (Å²) in [6.07, 6.45) is -1.85. The van der Waals surface area contributed by atoms with Gasteiger partial charge < -0.3 is 5.11 Å². The molecule has 6 heteroatoms. The third-order valence-corrected chi connectivity index (χ3v) is 7.76. The Morgan fingerprint density at radius 1 is 0.944 bits per heavy atom. The first-order valence-corrected chi connectivity index (χ1v) is 12.6. The van der Waals surface area contributed by atoms with Crippen LogP contribution in [0.5, 0.6) is 0 Å². The van der Waals surface area contributed by atoms with E-state index < -0.39 is 29.8 Å². The lowest BCUT2D eigenvalue weighted by Crippen LogP contribution is -2.20. The fourth-order valence-corrected chi connectivity index (χ4v) is 6.08. The predicted octanol–water partition coefficient (Wildman–Crippen LogP) is 8.84. The minimum atomic E-state index is -4.51. The van der Waals surface area contributed by atoms with Crippen LogP contribution in [-0.4, -0.2) is 5.11 Å². The van der Waals surface area contributed by atoms with E-state index in [-0.39, 0.29) is 17.4 Å². The lowest BCUT2D eigenvalue weighted by Gasteiger charge is -2.33. The first kappa shape index (κ1) is 24.9. The highest BCUT2D eigenvalue weighted by atomic mass is 19.4. The van der Waals surface area contributed by atoms with Crippen molar-refractivity contribution in [2.24, 2.45) is 5.92 Å². The van der Waals surface area contributed by atoms with Gasteiger partial charge in [-0.05, 0) is 95.2 Å². The number of halogens is 5. The second-order valence-corrected chi connectivity index (χ2v) is 10.4. The molecule has 0 aromatic heterocycles. The number of hydrogen-bond donors (Lipinski definition) is 1. The van der Waals surface area contributed by atoms with E-state index in [1.165, 1.54) is 24.3 Å². The maximum atomic E-state index is 16.6. The summed E-state index contributed by atoms with van der Waals surface area (Å²) in [5, 5.41) is 11.2. The van der Waals surface area contributed by atoms with Crippen molar-refractivity contribution < 1.29 is 27.1 Å². The molecule has 0 bridgehead atoms. The van der Waals surface area contributed by atoms with Gasteiger partial charge in [0.25, 0.3) is 0 Å². The molecule has 2 aliphatic rings. The highest BCUT2D eigenvalue weighted by Crippen LogP contribution is 2.50. The maximum Gasteiger partial charge on any atom is 0.416 e. The Hall–Kier alpha value is -2.73. The van der Waals surface area contributed by atoms with Gasteiger partial charge in [0.15, 0.2) is 6.17 Å². The van der Waals surface area contributed by atoms with Crippen molar-refractivity contribution in [3.63, 3.8) is 0 Å². The molecule has 0 amide bonds. The Morgan fingerprint density at radius 3 is 2.19 bits per heavy atom. The molecule has 190 valence electrons. The summed E-state index contributed by atoms with van der Waals surface area (Å²) in [6.45, 7) is 2.08. The lowest BCUT2D eigenvalue weighted by molar-refractivity contribution is -0.137. The molecule has 36 heavy (non-hydrogen) atoms. The van der Waals surface area contributed by atoms with Gasteiger partial charge in [0, 0.05) is 5.56 Å². The summed E-state index contributed by atoms with van der Waals surface area (Å²) in [7, 11) is 0. The summed E-state index contributed by atoms with van der Waals surface area (Å²) in [4.78, 5) is 0. The Kier molecular flexibility index (Phi) is 6.67. The van der Waals surface area contributed by atoms with Gasteiger partial charge in [-0.1, -0.05) is 50.1 Å². The highest BCUT2D eigenvalue weighted by molar-refractivity contribution is 5.76. The molecule has 1 fully saturated rings. The van der Waals surface area contributed by atoms with E-state index in [0.717, 1.165) is 55.4 Å². The third-order valence-electron chi connectivity index (χ3n) is 7.76. The molecule has 2 aliphatic carbocycles. The van der Waals surface area contributed by atoms with Crippen molar-refractivity contribution in [3.05, 3.63) is 93.8 Å². The molecule has 1 nitrogen and oxygen atoms in total. The monoisotopic (exact) mass is 500 g/mol. The molecule has 3 aromatic carbocycles. The van der Waals surface area contributed by atoms with Crippen LogP contribution in [0.3, 0.4) is 0 Å². The van der Waals surface area contributed by atoms with E-state index in [2.05, 4.69) is 6.92 Å². The average Bonchev–Trinajstić information content (AvgIpc) is 3.37. The number of aliphatic hydroxyl groups is 1. The van der Waals surface area contributed by atoms with Gasteiger partial charge in [0.2, 0.25) is 0 Å². The normalized spacial score (nSPS) is 21.4. The van der Waals surface area contributed by atoms with Gasteiger partial charge in [-0.25, -0.2) is 8.78 Å². The molecule has 1 N–H and O–H groups in total. The average molecular weight is 501 g/mol. The zero-order valence-electron chi connectivity index (χ0n) is 20.1. The van der Waals surface area contributed by atoms with Crippen LogP contribution in [0, 0.1) is 11.7 Å². The van der Waals surface area contributed by atoms with Crippen LogP contribution in [0.2, 0.25) is 0 Å². The second kappa shape index (κ2) is 9.62. The van der Waals surface area contributed by atoms with Gasteiger partial charge in [-0.15, -0.1) is 0 Å². The van der Waals surface area contributed by atoms with Crippen molar-refractivity contribution >= 4 is 0 Å². The van der Waals surface area contributed by atoms with Crippen LogP contribution in [0.1, 0.15) is 90.6 Å². The fourth-order valence-electron chi connectivity index (χ4n) is 6.08. The molecule has 3 aromatic rings. The zero-order valence-corrected chi connectivity index (χ0v) is 20.1. The van der Waals surface area contributed by atoms with E-state index in [1.807, 2.05) is 6.07 Å². The molecule has 0 spiro atoms. The molecule has 0 heterocycles. The number of alkyl halides is 4. The van der Waals surface area contributed by atoms with Gasteiger partial charge in [-0.3, -0.25) is 0 Å². The Balaban J connectivity index is 1.76. The molecule has 0 saturated heterocycles. The topological polar surface area (TPSA) is 20.2 Å². The molecule has 3 atom stereocenters. The standard InChI is InChI=1S/C30H29F5O/c1-17-14-21-16-24(18-4-2-3-5-18)28(29(32)20-6-10-22(11-7-20)30(33,34)35)27(26(21)25(36)15-17)19-8-12-23(31)13-9-19/h6-13,16-18,25,29,36H,2-5,14-15H2,1H3. The van der Waals surface area contributed by atoms with Crippen molar-refractivity contribution in [2.45, 2.75) is 69.8 Å². The molecular weight excluding hydrogens is 471 g/mol. The largest absolute Gasteiger partial charge is 0.416 e. The summed E-state index contributed by atoms with van der Waals surface area (Å²) < 4.78 is 69.8. The number of aliphatic hydroxyl groups excluding tert-OH is 1. The van der Waals surface area contributed by atoms with Gasteiger partial charge >= 0.3 is 6.18 Å². The van der Waals surface area contributed by atoms with Crippen LogP contribution in [0.15, 0.2) is 54.6 Å². The summed E-state index contributed by atoms with van der Waals surface area (Å²) >= 11 is 0. The Labute approximate surface area is 208 Å². The van der Waals surface area contributed by atoms with E-state index in [9.17, 15) is 22.7 Å².